The van der Waals surface area contributed by atoms with Crippen molar-refractivity contribution in [1.29, 1.82) is 0 Å². The molecule has 0 radical (unpaired) electrons. The van der Waals surface area contributed by atoms with Crippen LogP contribution in [-0.4, -0.2) is 41.9 Å². The lowest BCUT2D eigenvalue weighted by atomic mass is 10.2. The van der Waals surface area contributed by atoms with Crippen molar-refractivity contribution in [3.05, 3.63) is 48.3 Å². The molecule has 1 aliphatic rings. The van der Waals surface area contributed by atoms with Crippen LogP contribution in [0.25, 0.3) is 0 Å². The molecular formula is C14H17FN2O. The van der Waals surface area contributed by atoms with Crippen LogP contribution in [-0.2, 0) is 11.3 Å². The van der Waals surface area contributed by atoms with Crippen LogP contribution in [0.1, 0.15) is 5.56 Å². The molecule has 3 nitrogen and oxygen atoms in total. The lowest BCUT2D eigenvalue weighted by molar-refractivity contribution is -0.127. The summed E-state index contributed by atoms with van der Waals surface area (Å²) < 4.78 is 12.8. The van der Waals surface area contributed by atoms with Gasteiger partial charge in [0.15, 0.2) is 0 Å². The second-order valence-electron chi connectivity index (χ2n) is 4.43. The van der Waals surface area contributed by atoms with Crippen molar-refractivity contribution in [2.75, 3.05) is 26.2 Å². The van der Waals surface area contributed by atoms with Gasteiger partial charge in [0, 0.05) is 32.7 Å². The summed E-state index contributed by atoms with van der Waals surface area (Å²) in [5.41, 5.74) is 1.10. The van der Waals surface area contributed by atoms with E-state index >= 15 is 0 Å². The zero-order valence-corrected chi connectivity index (χ0v) is 10.3. The zero-order chi connectivity index (χ0) is 13.0. The molecule has 1 amide bonds. The van der Waals surface area contributed by atoms with Gasteiger partial charge in [0.1, 0.15) is 5.82 Å². The molecule has 1 fully saturated rings. The molecule has 1 aliphatic heterocycles. The Balaban J connectivity index is 1.85. The lowest BCUT2D eigenvalue weighted by Crippen LogP contribution is -2.47. The number of nitrogens with zero attached hydrogens (tertiary/aromatic N) is 2. The smallest absolute Gasteiger partial charge is 0.246 e. The van der Waals surface area contributed by atoms with Crippen LogP contribution in [0.15, 0.2) is 36.9 Å². The molecule has 0 bridgehead atoms. The summed E-state index contributed by atoms with van der Waals surface area (Å²) in [7, 11) is 0. The van der Waals surface area contributed by atoms with E-state index in [0.29, 0.717) is 0 Å². The highest BCUT2D eigenvalue weighted by atomic mass is 19.1. The minimum atomic E-state index is -0.208. The summed E-state index contributed by atoms with van der Waals surface area (Å²) in [5.74, 6) is -0.211. The van der Waals surface area contributed by atoms with E-state index in [9.17, 15) is 9.18 Å². The zero-order valence-electron chi connectivity index (χ0n) is 10.3. The topological polar surface area (TPSA) is 23.6 Å². The average molecular weight is 248 g/mol. The Morgan fingerprint density at radius 2 is 1.83 bits per heavy atom. The molecule has 1 heterocycles. The van der Waals surface area contributed by atoms with Crippen LogP contribution in [0.5, 0.6) is 0 Å². The van der Waals surface area contributed by atoms with Gasteiger partial charge >= 0.3 is 0 Å². The lowest BCUT2D eigenvalue weighted by Gasteiger charge is -2.34. The first-order chi connectivity index (χ1) is 8.69. The van der Waals surface area contributed by atoms with E-state index < -0.39 is 0 Å². The van der Waals surface area contributed by atoms with Gasteiger partial charge in [0.25, 0.3) is 0 Å². The van der Waals surface area contributed by atoms with E-state index in [1.165, 1.54) is 18.2 Å². The number of amides is 1. The summed E-state index contributed by atoms with van der Waals surface area (Å²) in [6.45, 7) is 7.44. The summed E-state index contributed by atoms with van der Waals surface area (Å²) in [6.07, 6.45) is 1.36. The molecule has 4 heteroatoms. The van der Waals surface area contributed by atoms with Crippen molar-refractivity contribution in [2.45, 2.75) is 6.54 Å². The number of carbonyl (C=O) groups excluding carboxylic acids is 1. The van der Waals surface area contributed by atoms with Crippen LogP contribution in [0.4, 0.5) is 4.39 Å². The van der Waals surface area contributed by atoms with Crippen molar-refractivity contribution < 1.29 is 9.18 Å². The molecule has 0 aliphatic carbocycles. The first-order valence-corrected chi connectivity index (χ1v) is 6.07. The van der Waals surface area contributed by atoms with E-state index in [1.54, 1.807) is 17.0 Å². The minimum absolute atomic E-state index is 0.00330. The molecule has 0 saturated carbocycles. The number of rotatable bonds is 3. The van der Waals surface area contributed by atoms with Gasteiger partial charge < -0.3 is 4.90 Å². The molecule has 1 aromatic carbocycles. The fourth-order valence-electron chi connectivity index (χ4n) is 2.10. The molecule has 1 aromatic rings. The highest BCUT2D eigenvalue weighted by Crippen LogP contribution is 2.09. The standard InChI is InChI=1S/C14H17FN2O/c1-2-14(18)17-9-7-16(8-10-17)11-12-3-5-13(15)6-4-12/h2-6H,1,7-11H2. The van der Waals surface area contributed by atoms with Crippen molar-refractivity contribution >= 4 is 5.91 Å². The fraction of sp³-hybridized carbons (Fsp3) is 0.357. The molecule has 18 heavy (non-hydrogen) atoms. The van der Waals surface area contributed by atoms with Crippen LogP contribution in [0.3, 0.4) is 0 Å². The van der Waals surface area contributed by atoms with Crippen LogP contribution in [0.2, 0.25) is 0 Å². The Hall–Kier alpha value is -1.68. The third-order valence-corrected chi connectivity index (χ3v) is 3.18. The number of benzene rings is 1. The maximum absolute atomic E-state index is 12.8. The number of hydrogen-bond acceptors (Lipinski definition) is 2. The maximum Gasteiger partial charge on any atom is 0.246 e. The SMILES string of the molecule is C=CC(=O)N1CCN(Cc2ccc(F)cc2)CC1. The van der Waals surface area contributed by atoms with E-state index in [1.807, 2.05) is 0 Å². The Labute approximate surface area is 107 Å². The number of piperazine rings is 1. The van der Waals surface area contributed by atoms with Gasteiger partial charge in [-0.1, -0.05) is 18.7 Å². The molecule has 0 unspecified atom stereocenters. The van der Waals surface area contributed by atoms with Crippen molar-refractivity contribution in [2.24, 2.45) is 0 Å². The third kappa shape index (κ3) is 3.17. The van der Waals surface area contributed by atoms with Crippen LogP contribution < -0.4 is 0 Å². The Kier molecular flexibility index (Phi) is 4.10. The van der Waals surface area contributed by atoms with Crippen molar-refractivity contribution in [3.8, 4) is 0 Å². The van der Waals surface area contributed by atoms with Gasteiger partial charge in [0.05, 0.1) is 0 Å². The molecule has 0 aromatic heterocycles. The molecule has 0 spiro atoms. The van der Waals surface area contributed by atoms with Gasteiger partial charge in [0.2, 0.25) is 5.91 Å². The fourth-order valence-corrected chi connectivity index (χ4v) is 2.10. The van der Waals surface area contributed by atoms with E-state index in [4.69, 9.17) is 0 Å². The Morgan fingerprint density at radius 3 is 2.39 bits per heavy atom. The van der Waals surface area contributed by atoms with Crippen molar-refractivity contribution in [1.82, 2.24) is 9.80 Å². The Bertz CT molecular complexity index is 422. The van der Waals surface area contributed by atoms with E-state index in [0.717, 1.165) is 38.3 Å². The second kappa shape index (κ2) is 5.78. The van der Waals surface area contributed by atoms with Gasteiger partial charge in [-0.05, 0) is 23.8 Å². The van der Waals surface area contributed by atoms with E-state index in [-0.39, 0.29) is 11.7 Å². The first kappa shape index (κ1) is 12.8. The van der Waals surface area contributed by atoms with Crippen LogP contribution >= 0.6 is 0 Å². The first-order valence-electron chi connectivity index (χ1n) is 6.07. The second-order valence-corrected chi connectivity index (χ2v) is 4.43. The largest absolute Gasteiger partial charge is 0.337 e. The predicted molar refractivity (Wildman–Crippen MR) is 68.5 cm³/mol. The molecular weight excluding hydrogens is 231 g/mol. The third-order valence-electron chi connectivity index (χ3n) is 3.18. The predicted octanol–water partition coefficient (Wildman–Crippen LogP) is 1.66. The summed E-state index contributed by atoms with van der Waals surface area (Å²) >= 11 is 0. The van der Waals surface area contributed by atoms with Gasteiger partial charge in [-0.15, -0.1) is 0 Å². The molecule has 0 N–H and O–H groups in total. The highest BCUT2D eigenvalue weighted by Gasteiger charge is 2.19. The van der Waals surface area contributed by atoms with Gasteiger partial charge in [-0.3, -0.25) is 9.69 Å². The van der Waals surface area contributed by atoms with Crippen molar-refractivity contribution in [3.63, 3.8) is 0 Å². The summed E-state index contributed by atoms with van der Waals surface area (Å²) in [4.78, 5) is 15.5. The maximum atomic E-state index is 12.8. The van der Waals surface area contributed by atoms with Gasteiger partial charge in [-0.25, -0.2) is 4.39 Å². The quantitative estimate of drug-likeness (QED) is 0.759. The summed E-state index contributed by atoms with van der Waals surface area (Å²) in [6, 6.07) is 6.56. The van der Waals surface area contributed by atoms with Crippen LogP contribution in [0, 0.1) is 5.82 Å². The highest BCUT2D eigenvalue weighted by molar-refractivity contribution is 5.87. The molecule has 2 rings (SSSR count). The normalized spacial score (nSPS) is 16.6. The van der Waals surface area contributed by atoms with Gasteiger partial charge in [-0.2, -0.15) is 0 Å². The molecule has 0 atom stereocenters. The monoisotopic (exact) mass is 248 g/mol. The minimum Gasteiger partial charge on any atom is -0.337 e. The molecule has 1 saturated heterocycles. The number of carbonyl (C=O) groups is 1. The van der Waals surface area contributed by atoms with E-state index in [2.05, 4.69) is 11.5 Å². The number of halogens is 1. The number of hydrogen-bond donors (Lipinski definition) is 0. The summed E-state index contributed by atoms with van der Waals surface area (Å²) in [5, 5.41) is 0. The molecule has 96 valence electrons. The Morgan fingerprint density at radius 1 is 1.22 bits per heavy atom. The average Bonchev–Trinajstić information content (AvgIpc) is 2.41.